The van der Waals surface area contributed by atoms with E-state index in [1.165, 1.54) is 25.8 Å². The Bertz CT molecular complexity index is 179. The molecule has 0 aromatic heterocycles. The minimum atomic E-state index is 0.242. The molecular weight excluding hydrogens is 184 g/mol. The Kier molecular flexibility index (Phi) is 4.60. The summed E-state index contributed by atoms with van der Waals surface area (Å²) in [7, 11) is 2.26. The van der Waals surface area contributed by atoms with Crippen molar-refractivity contribution in [3.05, 3.63) is 0 Å². The van der Waals surface area contributed by atoms with Gasteiger partial charge in [0.1, 0.15) is 0 Å². The van der Waals surface area contributed by atoms with Gasteiger partial charge in [-0.1, -0.05) is 6.42 Å². The Labute approximate surface area is 95.4 Å². The van der Waals surface area contributed by atoms with Crippen LogP contribution < -0.4 is 5.32 Å². The number of hydrogen-bond acceptors (Lipinski definition) is 2. The van der Waals surface area contributed by atoms with Crippen molar-refractivity contribution in [2.45, 2.75) is 58.5 Å². The molecule has 1 aliphatic rings. The molecule has 2 heteroatoms. The van der Waals surface area contributed by atoms with Gasteiger partial charge in [-0.15, -0.1) is 0 Å². The second-order valence-electron chi connectivity index (χ2n) is 6.22. The van der Waals surface area contributed by atoms with E-state index < -0.39 is 0 Å². The summed E-state index contributed by atoms with van der Waals surface area (Å²) >= 11 is 0. The molecule has 0 aromatic rings. The first kappa shape index (κ1) is 13.0. The standard InChI is InChI=1S/C13H28N2/c1-11(9-14-13(2,3)4)15(5)10-12-7-6-8-12/h11-12,14H,6-10H2,1-5H3. The van der Waals surface area contributed by atoms with E-state index in [-0.39, 0.29) is 5.54 Å². The molecule has 90 valence electrons. The summed E-state index contributed by atoms with van der Waals surface area (Å²) in [6.07, 6.45) is 4.35. The van der Waals surface area contributed by atoms with E-state index >= 15 is 0 Å². The Morgan fingerprint density at radius 1 is 1.33 bits per heavy atom. The maximum absolute atomic E-state index is 3.57. The molecule has 15 heavy (non-hydrogen) atoms. The molecule has 0 spiro atoms. The van der Waals surface area contributed by atoms with Crippen LogP contribution >= 0.6 is 0 Å². The van der Waals surface area contributed by atoms with Crippen molar-refractivity contribution in [3.63, 3.8) is 0 Å². The summed E-state index contributed by atoms with van der Waals surface area (Å²) in [6.45, 7) is 11.4. The minimum absolute atomic E-state index is 0.242. The first-order valence-corrected chi connectivity index (χ1v) is 6.34. The van der Waals surface area contributed by atoms with Gasteiger partial charge in [0.05, 0.1) is 0 Å². The van der Waals surface area contributed by atoms with Crippen molar-refractivity contribution >= 4 is 0 Å². The van der Waals surface area contributed by atoms with E-state index in [1.807, 2.05) is 0 Å². The predicted molar refractivity (Wildman–Crippen MR) is 67.2 cm³/mol. The van der Waals surface area contributed by atoms with Gasteiger partial charge >= 0.3 is 0 Å². The lowest BCUT2D eigenvalue weighted by Gasteiger charge is -2.34. The molecule has 0 aromatic carbocycles. The van der Waals surface area contributed by atoms with Crippen LogP contribution in [0, 0.1) is 5.92 Å². The van der Waals surface area contributed by atoms with E-state index in [2.05, 4.69) is 45.0 Å². The minimum Gasteiger partial charge on any atom is -0.311 e. The zero-order chi connectivity index (χ0) is 11.5. The zero-order valence-corrected chi connectivity index (χ0v) is 11.1. The van der Waals surface area contributed by atoms with Crippen molar-refractivity contribution in [2.24, 2.45) is 5.92 Å². The van der Waals surface area contributed by atoms with E-state index in [0.29, 0.717) is 6.04 Å². The second-order valence-corrected chi connectivity index (χ2v) is 6.22. The van der Waals surface area contributed by atoms with E-state index in [1.54, 1.807) is 0 Å². The number of nitrogens with one attached hydrogen (secondary N) is 1. The highest BCUT2D eigenvalue weighted by Crippen LogP contribution is 2.27. The van der Waals surface area contributed by atoms with Crippen LogP contribution in [0.4, 0.5) is 0 Å². The van der Waals surface area contributed by atoms with Gasteiger partial charge in [0.25, 0.3) is 0 Å². The van der Waals surface area contributed by atoms with Crippen molar-refractivity contribution in [1.29, 1.82) is 0 Å². The van der Waals surface area contributed by atoms with Gasteiger partial charge in [0.2, 0.25) is 0 Å². The fraction of sp³-hybridized carbons (Fsp3) is 1.00. The molecule has 1 rings (SSSR count). The van der Waals surface area contributed by atoms with Gasteiger partial charge in [-0.05, 0) is 53.5 Å². The summed E-state index contributed by atoms with van der Waals surface area (Å²) in [5.41, 5.74) is 0.242. The predicted octanol–water partition coefficient (Wildman–Crippen LogP) is 2.49. The van der Waals surface area contributed by atoms with Gasteiger partial charge in [0, 0.05) is 24.7 Å². The molecule has 0 heterocycles. The van der Waals surface area contributed by atoms with Crippen molar-refractivity contribution in [3.8, 4) is 0 Å². The van der Waals surface area contributed by atoms with Crippen molar-refractivity contribution < 1.29 is 0 Å². The molecule has 0 saturated heterocycles. The first-order chi connectivity index (χ1) is 6.88. The lowest BCUT2D eigenvalue weighted by molar-refractivity contribution is 0.162. The summed E-state index contributed by atoms with van der Waals surface area (Å²) in [5, 5.41) is 3.57. The van der Waals surface area contributed by atoms with Gasteiger partial charge < -0.3 is 10.2 Å². The van der Waals surface area contributed by atoms with Gasteiger partial charge in [-0.2, -0.15) is 0 Å². The van der Waals surface area contributed by atoms with Gasteiger partial charge in [-0.25, -0.2) is 0 Å². The molecule has 1 N–H and O–H groups in total. The van der Waals surface area contributed by atoms with Gasteiger partial charge in [-0.3, -0.25) is 0 Å². The number of nitrogens with zero attached hydrogens (tertiary/aromatic N) is 1. The molecule has 1 atom stereocenters. The Balaban J connectivity index is 2.17. The molecule has 0 aliphatic heterocycles. The third kappa shape index (κ3) is 4.98. The van der Waals surface area contributed by atoms with Crippen molar-refractivity contribution in [1.82, 2.24) is 10.2 Å². The molecular formula is C13H28N2. The molecule has 1 unspecified atom stereocenters. The molecule has 1 saturated carbocycles. The first-order valence-electron chi connectivity index (χ1n) is 6.34. The van der Waals surface area contributed by atoms with E-state index in [0.717, 1.165) is 12.5 Å². The Morgan fingerprint density at radius 3 is 2.33 bits per heavy atom. The third-order valence-corrected chi connectivity index (χ3v) is 3.45. The zero-order valence-electron chi connectivity index (χ0n) is 11.1. The average Bonchev–Trinajstić information content (AvgIpc) is 2.05. The van der Waals surface area contributed by atoms with Crippen LogP contribution in [0.3, 0.4) is 0 Å². The van der Waals surface area contributed by atoms with E-state index in [4.69, 9.17) is 0 Å². The highest BCUT2D eigenvalue weighted by Gasteiger charge is 2.21. The van der Waals surface area contributed by atoms with Crippen LogP contribution in [0.25, 0.3) is 0 Å². The summed E-state index contributed by atoms with van der Waals surface area (Å²) in [5.74, 6) is 0.979. The lowest BCUT2D eigenvalue weighted by Crippen LogP contribution is -2.46. The monoisotopic (exact) mass is 212 g/mol. The SMILES string of the molecule is CC(CNC(C)(C)C)N(C)CC1CCC1. The smallest absolute Gasteiger partial charge is 0.0189 e. The molecule has 0 bridgehead atoms. The summed E-state index contributed by atoms with van der Waals surface area (Å²) in [6, 6.07) is 0.643. The molecule has 0 radical (unpaired) electrons. The molecule has 0 amide bonds. The normalized spacial score (nSPS) is 20.4. The maximum Gasteiger partial charge on any atom is 0.0189 e. The average molecular weight is 212 g/mol. The quantitative estimate of drug-likeness (QED) is 0.753. The second kappa shape index (κ2) is 5.31. The maximum atomic E-state index is 3.57. The number of likely N-dealkylation sites (N-methyl/N-ethyl adjacent to an activating group) is 1. The summed E-state index contributed by atoms with van der Waals surface area (Å²) < 4.78 is 0. The largest absolute Gasteiger partial charge is 0.311 e. The highest BCUT2D eigenvalue weighted by molar-refractivity contribution is 4.78. The Hall–Kier alpha value is -0.0800. The highest BCUT2D eigenvalue weighted by atomic mass is 15.2. The van der Waals surface area contributed by atoms with Crippen LogP contribution in [0.15, 0.2) is 0 Å². The Morgan fingerprint density at radius 2 is 1.93 bits per heavy atom. The van der Waals surface area contributed by atoms with Crippen LogP contribution in [0.2, 0.25) is 0 Å². The fourth-order valence-electron chi connectivity index (χ4n) is 1.87. The van der Waals surface area contributed by atoms with E-state index in [9.17, 15) is 0 Å². The lowest BCUT2D eigenvalue weighted by atomic mass is 9.85. The van der Waals surface area contributed by atoms with Crippen molar-refractivity contribution in [2.75, 3.05) is 20.1 Å². The molecule has 1 fully saturated rings. The summed E-state index contributed by atoms with van der Waals surface area (Å²) in [4.78, 5) is 2.50. The molecule has 1 aliphatic carbocycles. The number of hydrogen-bond donors (Lipinski definition) is 1. The van der Waals surface area contributed by atoms with Crippen LogP contribution in [0.5, 0.6) is 0 Å². The molecule has 2 nitrogen and oxygen atoms in total. The van der Waals surface area contributed by atoms with Crippen LogP contribution in [-0.2, 0) is 0 Å². The fourth-order valence-corrected chi connectivity index (χ4v) is 1.87. The topological polar surface area (TPSA) is 15.3 Å². The van der Waals surface area contributed by atoms with Crippen LogP contribution in [0.1, 0.15) is 47.0 Å². The number of rotatable bonds is 5. The van der Waals surface area contributed by atoms with Crippen LogP contribution in [-0.4, -0.2) is 36.6 Å². The third-order valence-electron chi connectivity index (χ3n) is 3.45. The van der Waals surface area contributed by atoms with Gasteiger partial charge in [0.15, 0.2) is 0 Å².